The van der Waals surface area contributed by atoms with E-state index >= 15 is 0 Å². The van der Waals surface area contributed by atoms with Crippen molar-refractivity contribution in [2.75, 3.05) is 19.6 Å². The maximum atomic E-state index is 12.3. The first-order valence-electron chi connectivity index (χ1n) is 8.21. The third kappa shape index (κ3) is 4.19. The van der Waals surface area contributed by atoms with E-state index in [4.69, 9.17) is 0 Å². The molecule has 1 heterocycles. The largest absolute Gasteiger partial charge is 0.393 e. The first kappa shape index (κ1) is 15.8. The molecule has 0 radical (unpaired) electrons. The number of nitrogens with one attached hydrogen (secondary N) is 1. The van der Waals surface area contributed by atoms with Gasteiger partial charge >= 0.3 is 0 Å². The second-order valence-corrected chi connectivity index (χ2v) is 6.92. The molecule has 1 saturated heterocycles. The number of hydrogen-bond donors (Lipinski definition) is 2. The van der Waals surface area contributed by atoms with E-state index in [1.54, 1.807) is 0 Å². The highest BCUT2D eigenvalue weighted by Crippen LogP contribution is 2.29. The van der Waals surface area contributed by atoms with Gasteiger partial charge in [-0.15, -0.1) is 0 Å². The summed E-state index contributed by atoms with van der Waals surface area (Å²) in [6, 6.07) is 0.346. The Kier molecular flexibility index (Phi) is 5.44. The number of amides is 1. The number of nitrogens with zero attached hydrogens (tertiary/aromatic N) is 1. The Balaban J connectivity index is 1.95. The fraction of sp³-hybridized carbons (Fsp3) is 0.938. The van der Waals surface area contributed by atoms with Crippen molar-refractivity contribution in [3.8, 4) is 0 Å². The van der Waals surface area contributed by atoms with Crippen LogP contribution in [0.25, 0.3) is 0 Å². The molecule has 0 spiro atoms. The Morgan fingerprint density at radius 1 is 1.35 bits per heavy atom. The van der Waals surface area contributed by atoms with E-state index in [9.17, 15) is 9.90 Å². The predicted octanol–water partition coefficient (Wildman–Crippen LogP) is 1.63. The van der Waals surface area contributed by atoms with E-state index in [1.165, 1.54) is 12.8 Å². The van der Waals surface area contributed by atoms with Crippen LogP contribution in [0.3, 0.4) is 0 Å². The summed E-state index contributed by atoms with van der Waals surface area (Å²) in [6.07, 6.45) is 4.15. The molecule has 0 bridgehead atoms. The van der Waals surface area contributed by atoms with Crippen molar-refractivity contribution < 1.29 is 9.90 Å². The van der Waals surface area contributed by atoms with E-state index in [1.807, 2.05) is 25.7 Å². The minimum atomic E-state index is -0.289. The Morgan fingerprint density at radius 3 is 2.60 bits per heavy atom. The third-order valence-corrected chi connectivity index (χ3v) is 4.64. The number of likely N-dealkylation sites (tertiary alicyclic amines) is 1. The van der Waals surface area contributed by atoms with Crippen LogP contribution in [0.15, 0.2) is 0 Å². The number of carbonyl (C=O) groups excluding carboxylic acids is 1. The molecule has 3 unspecified atom stereocenters. The number of rotatable bonds is 6. The molecule has 116 valence electrons. The molecule has 1 aliphatic carbocycles. The lowest BCUT2D eigenvalue weighted by Gasteiger charge is -2.40. The quantitative estimate of drug-likeness (QED) is 0.778. The SMILES string of the molecule is CCC(O)C1CC(NCC2CC2)CN(C(=O)C(C)C)C1. The molecule has 4 heteroatoms. The van der Waals surface area contributed by atoms with Crippen LogP contribution in [-0.2, 0) is 4.79 Å². The molecule has 2 N–H and O–H groups in total. The average Bonchev–Trinajstić information content (AvgIpc) is 3.27. The van der Waals surface area contributed by atoms with E-state index < -0.39 is 0 Å². The Hall–Kier alpha value is -0.610. The van der Waals surface area contributed by atoms with Gasteiger partial charge in [-0.1, -0.05) is 20.8 Å². The second-order valence-electron chi connectivity index (χ2n) is 6.92. The van der Waals surface area contributed by atoms with Gasteiger partial charge in [-0.3, -0.25) is 4.79 Å². The highest BCUT2D eigenvalue weighted by molar-refractivity contribution is 5.78. The van der Waals surface area contributed by atoms with Crippen molar-refractivity contribution in [1.29, 1.82) is 0 Å². The number of aliphatic hydroxyl groups is 1. The van der Waals surface area contributed by atoms with Crippen molar-refractivity contribution in [2.24, 2.45) is 17.8 Å². The van der Waals surface area contributed by atoms with Gasteiger partial charge in [-0.25, -0.2) is 0 Å². The molecule has 0 aromatic rings. The number of carbonyl (C=O) groups is 1. The molecule has 3 atom stereocenters. The Bertz CT molecular complexity index is 328. The third-order valence-electron chi connectivity index (χ3n) is 4.64. The van der Waals surface area contributed by atoms with Crippen LogP contribution in [0.2, 0.25) is 0 Å². The van der Waals surface area contributed by atoms with Gasteiger partial charge in [0.05, 0.1) is 6.10 Å². The fourth-order valence-electron chi connectivity index (χ4n) is 3.10. The van der Waals surface area contributed by atoms with Gasteiger partial charge < -0.3 is 15.3 Å². The van der Waals surface area contributed by atoms with E-state index in [2.05, 4.69) is 5.32 Å². The van der Waals surface area contributed by atoms with Gasteiger partial charge in [-0.05, 0) is 38.1 Å². The number of aliphatic hydroxyl groups excluding tert-OH is 1. The Labute approximate surface area is 122 Å². The first-order valence-corrected chi connectivity index (χ1v) is 8.21. The summed E-state index contributed by atoms with van der Waals surface area (Å²) in [7, 11) is 0. The summed E-state index contributed by atoms with van der Waals surface area (Å²) in [4.78, 5) is 14.2. The molecule has 0 aromatic carbocycles. The molecule has 2 fully saturated rings. The molecule has 20 heavy (non-hydrogen) atoms. The van der Waals surface area contributed by atoms with Crippen LogP contribution in [-0.4, -0.2) is 47.7 Å². The normalized spacial score (nSPS) is 28.8. The molecule has 1 aliphatic heterocycles. The maximum absolute atomic E-state index is 12.3. The topological polar surface area (TPSA) is 52.6 Å². The monoisotopic (exact) mass is 282 g/mol. The standard InChI is InChI=1S/C16H30N2O2/c1-4-15(19)13-7-14(17-8-12-5-6-12)10-18(9-13)16(20)11(2)3/h11-15,17,19H,4-10H2,1-3H3. The summed E-state index contributed by atoms with van der Waals surface area (Å²) >= 11 is 0. The zero-order valence-electron chi connectivity index (χ0n) is 13.1. The molecule has 2 rings (SSSR count). The second kappa shape index (κ2) is 6.90. The highest BCUT2D eigenvalue weighted by atomic mass is 16.3. The van der Waals surface area contributed by atoms with Gasteiger partial charge in [0.1, 0.15) is 0 Å². The molecular weight excluding hydrogens is 252 g/mol. The van der Waals surface area contributed by atoms with Crippen LogP contribution < -0.4 is 5.32 Å². The maximum Gasteiger partial charge on any atom is 0.225 e. The van der Waals surface area contributed by atoms with Crippen LogP contribution in [0.1, 0.15) is 46.5 Å². The smallest absolute Gasteiger partial charge is 0.225 e. The zero-order valence-corrected chi connectivity index (χ0v) is 13.1. The van der Waals surface area contributed by atoms with Crippen LogP contribution in [0.4, 0.5) is 0 Å². The summed E-state index contributed by atoms with van der Waals surface area (Å²) in [5.74, 6) is 1.32. The lowest BCUT2D eigenvalue weighted by molar-refractivity contribution is -0.138. The van der Waals surface area contributed by atoms with E-state index in [0.29, 0.717) is 12.6 Å². The van der Waals surface area contributed by atoms with Crippen LogP contribution in [0.5, 0.6) is 0 Å². The fourth-order valence-corrected chi connectivity index (χ4v) is 3.10. The number of piperidine rings is 1. The summed E-state index contributed by atoms with van der Waals surface area (Å²) < 4.78 is 0. The van der Waals surface area contributed by atoms with Crippen LogP contribution in [0, 0.1) is 17.8 Å². The molecule has 1 saturated carbocycles. The lowest BCUT2D eigenvalue weighted by Crippen LogP contribution is -2.54. The predicted molar refractivity (Wildman–Crippen MR) is 80.3 cm³/mol. The molecular formula is C16H30N2O2. The van der Waals surface area contributed by atoms with Gasteiger partial charge in [0.25, 0.3) is 0 Å². The average molecular weight is 282 g/mol. The summed E-state index contributed by atoms with van der Waals surface area (Å²) in [6.45, 7) is 8.51. The minimum Gasteiger partial charge on any atom is -0.393 e. The molecule has 0 aromatic heterocycles. The van der Waals surface area contributed by atoms with E-state index in [0.717, 1.165) is 31.8 Å². The highest BCUT2D eigenvalue weighted by Gasteiger charge is 2.34. The Morgan fingerprint density at radius 2 is 2.05 bits per heavy atom. The van der Waals surface area contributed by atoms with Crippen LogP contribution >= 0.6 is 0 Å². The molecule has 2 aliphatic rings. The van der Waals surface area contributed by atoms with E-state index in [-0.39, 0.29) is 23.8 Å². The molecule has 1 amide bonds. The van der Waals surface area contributed by atoms with Gasteiger partial charge in [0.15, 0.2) is 0 Å². The first-order chi connectivity index (χ1) is 9.51. The van der Waals surface area contributed by atoms with Gasteiger partial charge in [-0.2, -0.15) is 0 Å². The van der Waals surface area contributed by atoms with Gasteiger partial charge in [0.2, 0.25) is 5.91 Å². The summed E-state index contributed by atoms with van der Waals surface area (Å²) in [5, 5.41) is 13.8. The lowest BCUT2D eigenvalue weighted by atomic mass is 9.88. The minimum absolute atomic E-state index is 0.0385. The van der Waals surface area contributed by atoms with Crippen molar-refractivity contribution in [2.45, 2.75) is 58.6 Å². The van der Waals surface area contributed by atoms with Crippen molar-refractivity contribution in [3.05, 3.63) is 0 Å². The van der Waals surface area contributed by atoms with Crippen molar-refractivity contribution >= 4 is 5.91 Å². The zero-order chi connectivity index (χ0) is 14.7. The van der Waals surface area contributed by atoms with Crippen molar-refractivity contribution in [1.82, 2.24) is 10.2 Å². The van der Waals surface area contributed by atoms with Gasteiger partial charge in [0, 0.05) is 31.0 Å². The van der Waals surface area contributed by atoms with Crippen molar-refractivity contribution in [3.63, 3.8) is 0 Å². The molecule has 4 nitrogen and oxygen atoms in total. The number of hydrogen-bond acceptors (Lipinski definition) is 3. The summed E-state index contributed by atoms with van der Waals surface area (Å²) in [5.41, 5.74) is 0.